The average molecular weight is 382 g/mol. The molecule has 0 amide bonds. The van der Waals surface area contributed by atoms with Crippen LogP contribution in [0.3, 0.4) is 0 Å². The number of carbonyl (C=O) groups excluding carboxylic acids is 1. The van der Waals surface area contributed by atoms with Crippen LogP contribution in [0.25, 0.3) is 0 Å². The third kappa shape index (κ3) is 5.64. The van der Waals surface area contributed by atoms with Crippen LogP contribution in [0.15, 0.2) is 66.7 Å². The lowest BCUT2D eigenvalue weighted by atomic mass is 10.1. The molecule has 0 saturated heterocycles. The van der Waals surface area contributed by atoms with Gasteiger partial charge in [-0.1, -0.05) is 18.2 Å². The van der Waals surface area contributed by atoms with Crippen molar-refractivity contribution in [3.8, 4) is 17.2 Å². The maximum absolute atomic E-state index is 14.2. The molecule has 0 radical (unpaired) electrons. The minimum Gasteiger partial charge on any atom is -0.486 e. The minimum atomic E-state index is -0.459. The summed E-state index contributed by atoms with van der Waals surface area (Å²) < 4.78 is 38.4. The standard InChI is InChI=1S/C23H20F2O3/c1-16(26)5-6-17-7-12-23(22(25)14-17)27-15-18-3-2-4-21(13-18)28-20-10-8-19(24)9-11-20/h2-4,7-14H,5-6,15H2,1H3. The molecule has 0 aromatic heterocycles. The van der Waals surface area contributed by atoms with Gasteiger partial charge >= 0.3 is 0 Å². The second kappa shape index (κ2) is 9.13. The lowest BCUT2D eigenvalue weighted by Crippen LogP contribution is -1.99. The number of hydrogen-bond donors (Lipinski definition) is 0. The number of ketones is 1. The molecule has 0 aliphatic carbocycles. The number of Topliss-reactive ketones (excluding diaryl/α,β-unsaturated/α-hetero) is 1. The van der Waals surface area contributed by atoms with Gasteiger partial charge in [-0.25, -0.2) is 8.78 Å². The number of aryl methyl sites for hydroxylation is 1. The van der Waals surface area contributed by atoms with E-state index in [1.807, 2.05) is 6.07 Å². The summed E-state index contributed by atoms with van der Waals surface area (Å²) in [5.74, 6) is 0.530. The van der Waals surface area contributed by atoms with Gasteiger partial charge in [-0.05, 0) is 73.0 Å². The topological polar surface area (TPSA) is 35.5 Å². The summed E-state index contributed by atoms with van der Waals surface area (Å²) in [6.45, 7) is 1.69. The Hall–Kier alpha value is -3.21. The predicted molar refractivity (Wildman–Crippen MR) is 103 cm³/mol. The van der Waals surface area contributed by atoms with E-state index in [0.29, 0.717) is 24.3 Å². The first-order valence-electron chi connectivity index (χ1n) is 8.92. The molecule has 0 aliphatic heterocycles. The Kier molecular flexibility index (Phi) is 6.37. The van der Waals surface area contributed by atoms with Crippen LogP contribution in [0, 0.1) is 11.6 Å². The summed E-state index contributed by atoms with van der Waals surface area (Å²) in [4.78, 5) is 11.0. The minimum absolute atomic E-state index is 0.0727. The number of halogens is 2. The van der Waals surface area contributed by atoms with E-state index in [2.05, 4.69) is 0 Å². The van der Waals surface area contributed by atoms with Crippen molar-refractivity contribution in [3.63, 3.8) is 0 Å². The van der Waals surface area contributed by atoms with Crippen LogP contribution in [0.5, 0.6) is 17.2 Å². The molecular weight excluding hydrogens is 362 g/mol. The monoisotopic (exact) mass is 382 g/mol. The van der Waals surface area contributed by atoms with Crippen LogP contribution in [-0.4, -0.2) is 5.78 Å². The highest BCUT2D eigenvalue weighted by Crippen LogP contribution is 2.24. The van der Waals surface area contributed by atoms with Gasteiger partial charge in [-0.15, -0.1) is 0 Å². The van der Waals surface area contributed by atoms with Crippen molar-refractivity contribution in [2.24, 2.45) is 0 Å². The Balaban J connectivity index is 1.61. The summed E-state index contributed by atoms with van der Waals surface area (Å²) in [6, 6.07) is 17.7. The maximum atomic E-state index is 14.2. The van der Waals surface area contributed by atoms with Gasteiger partial charge in [0.05, 0.1) is 0 Å². The molecule has 0 unspecified atom stereocenters. The lowest BCUT2D eigenvalue weighted by Gasteiger charge is -2.10. The number of carbonyl (C=O) groups is 1. The van der Waals surface area contributed by atoms with Crippen LogP contribution < -0.4 is 9.47 Å². The van der Waals surface area contributed by atoms with Crippen LogP contribution >= 0.6 is 0 Å². The maximum Gasteiger partial charge on any atom is 0.165 e. The summed E-state index contributed by atoms with van der Waals surface area (Å²) in [5.41, 5.74) is 1.56. The first-order chi connectivity index (χ1) is 13.5. The summed E-state index contributed by atoms with van der Waals surface area (Å²) in [5, 5.41) is 0. The highest BCUT2D eigenvalue weighted by molar-refractivity contribution is 5.75. The van der Waals surface area contributed by atoms with Crippen LogP contribution in [0.2, 0.25) is 0 Å². The number of rotatable bonds is 8. The SMILES string of the molecule is CC(=O)CCc1ccc(OCc2cccc(Oc3ccc(F)cc3)c2)c(F)c1. The molecule has 3 aromatic rings. The fourth-order valence-corrected chi connectivity index (χ4v) is 2.64. The fraction of sp³-hybridized carbons (Fsp3) is 0.174. The van der Waals surface area contributed by atoms with E-state index in [9.17, 15) is 13.6 Å². The van der Waals surface area contributed by atoms with Gasteiger partial charge in [0, 0.05) is 6.42 Å². The highest BCUT2D eigenvalue weighted by Gasteiger charge is 2.07. The molecule has 0 heterocycles. The number of hydrogen-bond acceptors (Lipinski definition) is 3. The van der Waals surface area contributed by atoms with E-state index >= 15 is 0 Å². The van der Waals surface area contributed by atoms with Gasteiger partial charge in [-0.3, -0.25) is 0 Å². The molecule has 28 heavy (non-hydrogen) atoms. The first-order valence-corrected chi connectivity index (χ1v) is 8.92. The lowest BCUT2D eigenvalue weighted by molar-refractivity contribution is -0.116. The summed E-state index contributed by atoms with van der Waals surface area (Å²) >= 11 is 0. The molecule has 0 N–H and O–H groups in total. The Morgan fingerprint density at radius 3 is 2.39 bits per heavy atom. The van der Waals surface area contributed by atoms with E-state index in [1.54, 1.807) is 42.5 Å². The zero-order valence-corrected chi connectivity index (χ0v) is 15.5. The normalized spacial score (nSPS) is 10.5. The van der Waals surface area contributed by atoms with Crippen molar-refractivity contribution in [1.82, 2.24) is 0 Å². The Morgan fingerprint density at radius 2 is 1.68 bits per heavy atom. The second-order valence-electron chi connectivity index (χ2n) is 6.46. The molecule has 0 fully saturated rings. The number of ether oxygens (including phenoxy) is 2. The molecule has 0 atom stereocenters. The van der Waals surface area contributed by atoms with Crippen LogP contribution in [0.4, 0.5) is 8.78 Å². The largest absolute Gasteiger partial charge is 0.486 e. The second-order valence-corrected chi connectivity index (χ2v) is 6.46. The third-order valence-electron chi connectivity index (χ3n) is 4.10. The van der Waals surface area contributed by atoms with Gasteiger partial charge in [0.25, 0.3) is 0 Å². The smallest absolute Gasteiger partial charge is 0.165 e. The van der Waals surface area contributed by atoms with E-state index in [0.717, 1.165) is 11.1 Å². The van der Waals surface area contributed by atoms with Crippen molar-refractivity contribution < 1.29 is 23.0 Å². The molecule has 3 aromatic carbocycles. The third-order valence-corrected chi connectivity index (χ3v) is 4.10. The van der Waals surface area contributed by atoms with Crippen LogP contribution in [-0.2, 0) is 17.8 Å². The quantitative estimate of drug-likeness (QED) is 0.490. The van der Waals surface area contributed by atoms with Crippen molar-refractivity contribution in [1.29, 1.82) is 0 Å². The van der Waals surface area contributed by atoms with Gasteiger partial charge in [-0.2, -0.15) is 0 Å². The average Bonchev–Trinajstić information content (AvgIpc) is 2.68. The molecule has 0 aliphatic rings. The highest BCUT2D eigenvalue weighted by atomic mass is 19.1. The van der Waals surface area contributed by atoms with Crippen molar-refractivity contribution >= 4 is 5.78 Å². The fourth-order valence-electron chi connectivity index (χ4n) is 2.64. The number of benzene rings is 3. The van der Waals surface area contributed by atoms with Gasteiger partial charge in [0.1, 0.15) is 29.7 Å². The molecule has 0 spiro atoms. The van der Waals surface area contributed by atoms with Crippen molar-refractivity contribution in [3.05, 3.63) is 89.5 Å². The predicted octanol–water partition coefficient (Wildman–Crippen LogP) is 5.86. The van der Waals surface area contributed by atoms with Crippen molar-refractivity contribution in [2.45, 2.75) is 26.4 Å². The Morgan fingerprint density at radius 1 is 0.893 bits per heavy atom. The molecule has 0 saturated carbocycles. The van der Waals surface area contributed by atoms with Gasteiger partial charge < -0.3 is 14.3 Å². The molecule has 3 rings (SSSR count). The zero-order chi connectivity index (χ0) is 19.9. The molecule has 3 nitrogen and oxygen atoms in total. The first kappa shape index (κ1) is 19.5. The molecule has 144 valence electrons. The van der Waals surface area contributed by atoms with E-state index < -0.39 is 5.82 Å². The van der Waals surface area contributed by atoms with Crippen molar-refractivity contribution in [2.75, 3.05) is 0 Å². The van der Waals surface area contributed by atoms with E-state index in [4.69, 9.17) is 9.47 Å². The summed E-state index contributed by atoms with van der Waals surface area (Å²) in [6.07, 6.45) is 0.899. The Labute approximate surface area is 162 Å². The van der Waals surface area contributed by atoms with Gasteiger partial charge in [0.15, 0.2) is 11.6 Å². The Bertz CT molecular complexity index is 952. The summed E-state index contributed by atoms with van der Waals surface area (Å²) in [7, 11) is 0. The molecule has 0 bridgehead atoms. The molecular formula is C23H20F2O3. The van der Waals surface area contributed by atoms with Gasteiger partial charge in [0.2, 0.25) is 0 Å². The van der Waals surface area contributed by atoms with E-state index in [1.165, 1.54) is 25.1 Å². The van der Waals surface area contributed by atoms with E-state index in [-0.39, 0.29) is 24.0 Å². The molecule has 5 heteroatoms. The zero-order valence-electron chi connectivity index (χ0n) is 15.5. The van der Waals surface area contributed by atoms with Crippen LogP contribution in [0.1, 0.15) is 24.5 Å².